The molecule has 19 heavy (non-hydrogen) atoms. The molecule has 0 heterocycles. The van der Waals surface area contributed by atoms with Crippen molar-refractivity contribution in [3.8, 4) is 17.2 Å². The molecule has 0 unspecified atom stereocenters. The fourth-order valence-corrected chi connectivity index (χ4v) is 1.21. The Labute approximate surface area is 109 Å². The lowest BCUT2D eigenvalue weighted by molar-refractivity contribution is -0.291. The Morgan fingerprint density at radius 2 is 1.42 bits per heavy atom. The first kappa shape index (κ1) is 17.5. The summed E-state index contributed by atoms with van der Waals surface area (Å²) in [4.78, 5) is 0. The van der Waals surface area contributed by atoms with E-state index in [2.05, 4.69) is 0 Å². The van der Waals surface area contributed by atoms with E-state index >= 15 is 0 Å². The highest BCUT2D eigenvalue weighted by atomic mass is 35.5. The second-order valence-electron chi connectivity index (χ2n) is 3.47. The highest BCUT2D eigenvalue weighted by molar-refractivity contribution is 5.85. The molecule has 0 aliphatic carbocycles. The third kappa shape index (κ3) is 2.92. The van der Waals surface area contributed by atoms with Gasteiger partial charge in [0.05, 0.1) is 0 Å². The maximum absolute atomic E-state index is 12.9. The van der Waals surface area contributed by atoms with E-state index in [0.29, 0.717) is 12.1 Å². The molecule has 0 amide bonds. The van der Waals surface area contributed by atoms with E-state index in [4.69, 9.17) is 15.9 Å². The lowest BCUT2D eigenvalue weighted by Gasteiger charge is -2.26. The SMILES string of the molecule is Cl.N[C@@H](c1ccc(O)c(O)c1O)C(F)(F)C(F)(F)F. The van der Waals surface area contributed by atoms with Crippen molar-refractivity contribution in [1.29, 1.82) is 0 Å². The molecule has 0 radical (unpaired) electrons. The first-order chi connectivity index (χ1) is 8.00. The molecule has 0 saturated carbocycles. The number of phenols is 3. The van der Waals surface area contributed by atoms with Crippen LogP contribution in [0.5, 0.6) is 17.2 Å². The number of aromatic hydroxyl groups is 3. The number of hydrogen-bond donors (Lipinski definition) is 4. The zero-order chi connectivity index (χ0) is 14.3. The summed E-state index contributed by atoms with van der Waals surface area (Å²) in [7, 11) is 0. The number of halogens is 6. The number of hydrogen-bond acceptors (Lipinski definition) is 4. The predicted molar refractivity (Wildman–Crippen MR) is 56.6 cm³/mol. The van der Waals surface area contributed by atoms with Gasteiger partial charge in [-0.3, -0.25) is 0 Å². The van der Waals surface area contributed by atoms with Crippen LogP contribution in [0.2, 0.25) is 0 Å². The molecule has 0 bridgehead atoms. The van der Waals surface area contributed by atoms with Crippen LogP contribution in [0.25, 0.3) is 0 Å². The van der Waals surface area contributed by atoms with E-state index in [1.165, 1.54) is 0 Å². The number of benzene rings is 1. The topological polar surface area (TPSA) is 86.7 Å². The quantitative estimate of drug-likeness (QED) is 0.499. The number of rotatable bonds is 2. The summed E-state index contributed by atoms with van der Waals surface area (Å²) in [5, 5.41) is 27.1. The Kier molecular flexibility index (Phi) is 4.84. The summed E-state index contributed by atoms with van der Waals surface area (Å²) >= 11 is 0. The molecule has 4 nitrogen and oxygen atoms in total. The molecular formula is C9H9ClF5NO3. The van der Waals surface area contributed by atoms with Gasteiger partial charge in [0, 0.05) is 5.56 Å². The highest BCUT2D eigenvalue weighted by Gasteiger charge is 2.62. The monoisotopic (exact) mass is 309 g/mol. The van der Waals surface area contributed by atoms with Crippen LogP contribution in [0, 0.1) is 0 Å². The molecule has 0 aliphatic rings. The molecule has 5 N–H and O–H groups in total. The first-order valence-electron chi connectivity index (χ1n) is 4.44. The summed E-state index contributed by atoms with van der Waals surface area (Å²) in [6.07, 6.45) is -5.91. The molecule has 0 aromatic heterocycles. The van der Waals surface area contributed by atoms with Crippen LogP contribution >= 0.6 is 12.4 Å². The van der Waals surface area contributed by atoms with Gasteiger partial charge in [-0.2, -0.15) is 22.0 Å². The van der Waals surface area contributed by atoms with E-state index in [9.17, 15) is 27.1 Å². The highest BCUT2D eigenvalue weighted by Crippen LogP contribution is 2.48. The molecule has 0 aliphatic heterocycles. The molecular weight excluding hydrogens is 301 g/mol. The fraction of sp³-hybridized carbons (Fsp3) is 0.333. The molecule has 1 atom stereocenters. The van der Waals surface area contributed by atoms with Crippen molar-refractivity contribution >= 4 is 12.4 Å². The molecule has 0 fully saturated rings. The Morgan fingerprint density at radius 3 is 1.84 bits per heavy atom. The van der Waals surface area contributed by atoms with Gasteiger partial charge in [-0.25, -0.2) is 0 Å². The van der Waals surface area contributed by atoms with Gasteiger partial charge < -0.3 is 21.1 Å². The summed E-state index contributed by atoms with van der Waals surface area (Å²) in [6.45, 7) is 0. The van der Waals surface area contributed by atoms with E-state index in [0.717, 1.165) is 0 Å². The van der Waals surface area contributed by atoms with Crippen LogP contribution < -0.4 is 5.73 Å². The van der Waals surface area contributed by atoms with E-state index in [1.807, 2.05) is 0 Å². The van der Waals surface area contributed by atoms with Gasteiger partial charge in [-0.1, -0.05) is 0 Å². The third-order valence-electron chi connectivity index (χ3n) is 2.26. The lowest BCUT2D eigenvalue weighted by Crippen LogP contribution is -2.45. The normalized spacial score (nSPS) is 13.8. The summed E-state index contributed by atoms with van der Waals surface area (Å²) in [5.41, 5.74) is 3.72. The molecule has 1 rings (SSSR count). The minimum atomic E-state index is -5.91. The van der Waals surface area contributed by atoms with Crippen molar-refractivity contribution in [2.75, 3.05) is 0 Å². The van der Waals surface area contributed by atoms with Crippen LogP contribution in [0.4, 0.5) is 22.0 Å². The Morgan fingerprint density at radius 1 is 0.947 bits per heavy atom. The van der Waals surface area contributed by atoms with E-state index in [-0.39, 0.29) is 12.4 Å². The average molecular weight is 310 g/mol. The minimum Gasteiger partial charge on any atom is -0.504 e. The largest absolute Gasteiger partial charge is 0.504 e. The van der Waals surface area contributed by atoms with Gasteiger partial charge in [0.15, 0.2) is 11.5 Å². The smallest absolute Gasteiger partial charge is 0.455 e. The third-order valence-corrected chi connectivity index (χ3v) is 2.26. The van der Waals surface area contributed by atoms with Crippen LogP contribution in [0.1, 0.15) is 11.6 Å². The van der Waals surface area contributed by atoms with Gasteiger partial charge in [0.1, 0.15) is 6.04 Å². The van der Waals surface area contributed by atoms with Crippen LogP contribution in [0.15, 0.2) is 12.1 Å². The maximum Gasteiger partial charge on any atom is 0.455 e. The van der Waals surface area contributed by atoms with E-state index < -0.39 is 41.0 Å². The van der Waals surface area contributed by atoms with Gasteiger partial charge in [0.25, 0.3) is 0 Å². The van der Waals surface area contributed by atoms with Crippen LogP contribution in [0.3, 0.4) is 0 Å². The first-order valence-corrected chi connectivity index (χ1v) is 4.44. The Balaban J connectivity index is 0.00000324. The average Bonchev–Trinajstić information content (AvgIpc) is 2.24. The molecule has 0 spiro atoms. The van der Waals surface area contributed by atoms with Gasteiger partial charge in [-0.05, 0) is 12.1 Å². The number of alkyl halides is 5. The Bertz CT molecular complexity index is 466. The predicted octanol–water partition coefficient (Wildman–Crippen LogP) is 2.42. The van der Waals surface area contributed by atoms with Gasteiger partial charge in [-0.15, -0.1) is 12.4 Å². The second kappa shape index (κ2) is 5.25. The summed E-state index contributed by atoms with van der Waals surface area (Å²) in [6, 6.07) is -1.71. The number of phenolic OH excluding ortho intramolecular Hbond substituents is 3. The molecule has 110 valence electrons. The molecule has 1 aromatic rings. The van der Waals surface area contributed by atoms with Crippen molar-refractivity contribution in [3.05, 3.63) is 17.7 Å². The van der Waals surface area contributed by atoms with Crippen molar-refractivity contribution in [1.82, 2.24) is 0 Å². The van der Waals surface area contributed by atoms with Gasteiger partial charge in [0.2, 0.25) is 5.75 Å². The van der Waals surface area contributed by atoms with Crippen molar-refractivity contribution in [2.24, 2.45) is 5.73 Å². The molecule has 0 saturated heterocycles. The summed E-state index contributed by atoms with van der Waals surface area (Å²) in [5.74, 6) is -8.72. The standard InChI is InChI=1S/C9H8F5NO3.ClH/c10-8(11,9(12,13)14)7(15)3-1-2-4(16)6(18)5(3)17;/h1-2,7,16-18H,15H2;1H/t7-;/m0./s1. The fourth-order valence-electron chi connectivity index (χ4n) is 1.21. The second-order valence-corrected chi connectivity index (χ2v) is 3.47. The zero-order valence-corrected chi connectivity index (χ0v) is 9.77. The van der Waals surface area contributed by atoms with E-state index in [1.54, 1.807) is 0 Å². The van der Waals surface area contributed by atoms with Crippen molar-refractivity contribution < 1.29 is 37.3 Å². The maximum atomic E-state index is 12.9. The number of nitrogens with two attached hydrogens (primary N) is 1. The molecule has 10 heteroatoms. The minimum absolute atomic E-state index is 0. The van der Waals surface area contributed by atoms with Gasteiger partial charge >= 0.3 is 12.1 Å². The van der Waals surface area contributed by atoms with Crippen molar-refractivity contribution in [2.45, 2.75) is 18.1 Å². The summed E-state index contributed by atoms with van der Waals surface area (Å²) < 4.78 is 62.0. The molecule has 1 aromatic carbocycles. The zero-order valence-electron chi connectivity index (χ0n) is 8.95. The van der Waals surface area contributed by atoms with Crippen LogP contribution in [-0.2, 0) is 0 Å². The Hall–Kier alpha value is -1.48. The van der Waals surface area contributed by atoms with Crippen LogP contribution in [-0.4, -0.2) is 27.4 Å². The lowest BCUT2D eigenvalue weighted by atomic mass is 9.99. The van der Waals surface area contributed by atoms with Crippen molar-refractivity contribution in [3.63, 3.8) is 0 Å².